The van der Waals surface area contributed by atoms with Crippen molar-refractivity contribution in [1.29, 1.82) is 0 Å². The highest BCUT2D eigenvalue weighted by Gasteiger charge is 2.42. The third-order valence-corrected chi connectivity index (χ3v) is 9.53. The SMILES string of the molecule is CCNC(=O)Nc1cccc(C2OC(CN(C)Cc3c4ccccc4cc4ccccc34)C(c3ccccc3)C(c3ccc(CO)cc3)O2)c1. The van der Waals surface area contributed by atoms with Crippen LogP contribution in [0.2, 0.25) is 0 Å². The number of likely N-dealkylation sites (N-methyl/N-ethyl adjacent to an activating group) is 1. The molecule has 7 rings (SSSR count). The Morgan fingerprint density at radius 1 is 0.740 bits per heavy atom. The van der Waals surface area contributed by atoms with Crippen molar-refractivity contribution in [3.05, 3.63) is 161 Å². The van der Waals surface area contributed by atoms with Crippen LogP contribution in [0.25, 0.3) is 21.5 Å². The van der Waals surface area contributed by atoms with Gasteiger partial charge in [0.25, 0.3) is 0 Å². The summed E-state index contributed by atoms with van der Waals surface area (Å²) in [5, 5.41) is 20.5. The monoisotopic (exact) mass is 665 g/mol. The zero-order valence-electron chi connectivity index (χ0n) is 28.5. The molecule has 6 aromatic rings. The van der Waals surface area contributed by atoms with E-state index in [1.807, 2.05) is 61.5 Å². The lowest BCUT2D eigenvalue weighted by molar-refractivity contribution is -0.263. The van der Waals surface area contributed by atoms with Crippen LogP contribution in [0.5, 0.6) is 0 Å². The molecule has 7 nitrogen and oxygen atoms in total. The summed E-state index contributed by atoms with van der Waals surface area (Å²) in [6, 6.07) is 45.3. The lowest BCUT2D eigenvalue weighted by atomic mass is 9.83. The standard InChI is InChI=1S/C43H43N3O4/c1-3-44-43(48)45-35-17-11-16-34(25-35)42-49-39(40(30-12-5-4-6-13-30)41(50-42)31-22-20-29(28-47)21-23-31)27-46(2)26-38-36-18-9-7-14-32(36)24-33-15-8-10-19-37(33)38/h4-25,39-42,47H,3,26-28H2,1-2H3,(H2,44,45,48). The molecule has 254 valence electrons. The topological polar surface area (TPSA) is 83.1 Å². The van der Waals surface area contributed by atoms with E-state index in [1.54, 1.807) is 0 Å². The maximum atomic E-state index is 12.4. The minimum atomic E-state index is -0.690. The number of ether oxygens (including phenoxy) is 2. The summed E-state index contributed by atoms with van der Waals surface area (Å²) in [4.78, 5) is 14.7. The summed E-state index contributed by atoms with van der Waals surface area (Å²) in [6.45, 7) is 3.76. The summed E-state index contributed by atoms with van der Waals surface area (Å²) in [5.41, 5.74) is 5.75. The van der Waals surface area contributed by atoms with Crippen LogP contribution in [0, 0.1) is 0 Å². The second-order valence-corrected chi connectivity index (χ2v) is 13.0. The maximum absolute atomic E-state index is 12.4. The molecule has 0 spiro atoms. The molecule has 0 saturated carbocycles. The molecule has 0 aliphatic carbocycles. The molecule has 1 saturated heterocycles. The summed E-state index contributed by atoms with van der Waals surface area (Å²) in [5.74, 6) is -0.129. The van der Waals surface area contributed by atoms with Crippen LogP contribution in [-0.4, -0.2) is 42.3 Å². The van der Waals surface area contributed by atoms with Crippen molar-refractivity contribution >= 4 is 33.3 Å². The number of hydrogen-bond acceptors (Lipinski definition) is 5. The van der Waals surface area contributed by atoms with Crippen molar-refractivity contribution in [3.63, 3.8) is 0 Å². The van der Waals surface area contributed by atoms with E-state index < -0.39 is 6.29 Å². The van der Waals surface area contributed by atoms with E-state index in [-0.39, 0.29) is 30.8 Å². The van der Waals surface area contributed by atoms with E-state index in [2.05, 4.69) is 101 Å². The molecule has 3 N–H and O–H groups in total. The van der Waals surface area contributed by atoms with Gasteiger partial charge in [-0.1, -0.05) is 115 Å². The van der Waals surface area contributed by atoms with Gasteiger partial charge in [-0.2, -0.15) is 0 Å². The summed E-state index contributed by atoms with van der Waals surface area (Å²) < 4.78 is 13.9. The largest absolute Gasteiger partial charge is 0.392 e. The van der Waals surface area contributed by atoms with Crippen molar-refractivity contribution in [2.24, 2.45) is 0 Å². The molecular weight excluding hydrogens is 622 g/mol. The smallest absolute Gasteiger partial charge is 0.319 e. The fourth-order valence-electron chi connectivity index (χ4n) is 7.18. The number of nitrogens with one attached hydrogen (secondary N) is 2. The van der Waals surface area contributed by atoms with Crippen molar-refractivity contribution in [2.45, 2.75) is 44.5 Å². The van der Waals surface area contributed by atoms with Gasteiger partial charge < -0.3 is 25.2 Å². The van der Waals surface area contributed by atoms with E-state index in [0.29, 0.717) is 18.8 Å². The van der Waals surface area contributed by atoms with Crippen LogP contribution >= 0.6 is 0 Å². The van der Waals surface area contributed by atoms with E-state index in [1.165, 1.54) is 27.1 Å². The Labute approximate surface area is 293 Å². The molecule has 1 aliphatic rings. The quantitative estimate of drug-likeness (QED) is 0.128. The first-order chi connectivity index (χ1) is 24.5. The number of amides is 2. The average molecular weight is 666 g/mol. The number of fused-ring (bicyclic) bond motifs is 2. The second-order valence-electron chi connectivity index (χ2n) is 13.0. The highest BCUT2D eigenvalue weighted by atomic mass is 16.7. The van der Waals surface area contributed by atoms with E-state index in [0.717, 1.165) is 28.8 Å². The molecule has 4 atom stereocenters. The van der Waals surface area contributed by atoms with E-state index in [4.69, 9.17) is 9.47 Å². The molecule has 1 heterocycles. The summed E-state index contributed by atoms with van der Waals surface area (Å²) in [7, 11) is 2.16. The van der Waals surface area contributed by atoms with Crippen LogP contribution in [0.4, 0.5) is 10.5 Å². The maximum Gasteiger partial charge on any atom is 0.319 e. The molecule has 0 bridgehead atoms. The molecule has 1 fully saturated rings. The van der Waals surface area contributed by atoms with Gasteiger partial charge in [0.05, 0.1) is 18.8 Å². The highest BCUT2D eigenvalue weighted by Crippen LogP contribution is 2.47. The van der Waals surface area contributed by atoms with Gasteiger partial charge >= 0.3 is 6.03 Å². The first-order valence-corrected chi connectivity index (χ1v) is 17.3. The molecule has 0 aromatic heterocycles. The van der Waals surface area contributed by atoms with Crippen LogP contribution in [0.3, 0.4) is 0 Å². The average Bonchev–Trinajstić information content (AvgIpc) is 3.15. The summed E-state index contributed by atoms with van der Waals surface area (Å²) >= 11 is 0. The molecule has 4 unspecified atom stereocenters. The lowest BCUT2D eigenvalue weighted by Crippen LogP contribution is -2.43. The Kier molecular flexibility index (Phi) is 10.2. The van der Waals surface area contributed by atoms with Crippen LogP contribution in [-0.2, 0) is 22.6 Å². The molecule has 50 heavy (non-hydrogen) atoms. The number of carbonyl (C=O) groups excluding carboxylic acids is 1. The number of aliphatic hydroxyl groups excluding tert-OH is 1. The van der Waals surface area contributed by atoms with Crippen molar-refractivity contribution < 1.29 is 19.4 Å². The number of hydrogen-bond donors (Lipinski definition) is 3. The Morgan fingerprint density at radius 2 is 1.40 bits per heavy atom. The van der Waals surface area contributed by atoms with Crippen molar-refractivity contribution in [1.82, 2.24) is 10.2 Å². The third-order valence-electron chi connectivity index (χ3n) is 9.53. The van der Waals surface area contributed by atoms with Crippen molar-refractivity contribution in [3.8, 4) is 0 Å². The van der Waals surface area contributed by atoms with Crippen LogP contribution < -0.4 is 10.6 Å². The Hall–Kier alpha value is -5.05. The normalized spacial score (nSPS) is 19.1. The number of anilines is 1. The van der Waals surface area contributed by atoms with Gasteiger partial charge in [-0.05, 0) is 76.0 Å². The zero-order chi connectivity index (χ0) is 34.5. The minimum Gasteiger partial charge on any atom is -0.392 e. The minimum absolute atomic E-state index is 0.0265. The molecule has 1 aliphatic heterocycles. The van der Waals surface area contributed by atoms with Gasteiger partial charge in [0.1, 0.15) is 0 Å². The fraction of sp³-hybridized carbons (Fsp3) is 0.233. The predicted molar refractivity (Wildman–Crippen MR) is 200 cm³/mol. The number of carbonyl (C=O) groups is 1. The first-order valence-electron chi connectivity index (χ1n) is 17.3. The second kappa shape index (κ2) is 15.2. The van der Waals surface area contributed by atoms with Crippen LogP contribution in [0.15, 0.2) is 133 Å². The molecule has 0 radical (unpaired) electrons. The molecule has 2 amide bonds. The van der Waals surface area contributed by atoms with Crippen molar-refractivity contribution in [2.75, 3.05) is 25.5 Å². The Bertz CT molecular complexity index is 2010. The Balaban J connectivity index is 1.27. The summed E-state index contributed by atoms with van der Waals surface area (Å²) in [6.07, 6.45) is -1.30. The molecular formula is C43H43N3O4. The zero-order valence-corrected chi connectivity index (χ0v) is 28.5. The first kappa shape index (κ1) is 33.4. The van der Waals surface area contributed by atoms with Crippen LogP contribution in [0.1, 0.15) is 53.1 Å². The van der Waals surface area contributed by atoms with E-state index >= 15 is 0 Å². The number of benzene rings is 6. The number of nitrogens with zero attached hydrogens (tertiary/aromatic N) is 1. The Morgan fingerprint density at radius 3 is 2.08 bits per heavy atom. The molecule has 6 aromatic carbocycles. The highest BCUT2D eigenvalue weighted by molar-refractivity contribution is 6.02. The van der Waals surface area contributed by atoms with Gasteiger partial charge in [0.15, 0.2) is 6.29 Å². The van der Waals surface area contributed by atoms with Gasteiger partial charge in [-0.25, -0.2) is 4.79 Å². The van der Waals surface area contributed by atoms with Gasteiger partial charge in [0.2, 0.25) is 0 Å². The third kappa shape index (κ3) is 7.27. The fourth-order valence-corrected chi connectivity index (χ4v) is 7.18. The van der Waals surface area contributed by atoms with Gasteiger partial charge in [-0.3, -0.25) is 4.90 Å². The van der Waals surface area contributed by atoms with E-state index in [9.17, 15) is 9.90 Å². The predicted octanol–water partition coefficient (Wildman–Crippen LogP) is 8.70. The molecule has 7 heteroatoms. The van der Waals surface area contributed by atoms with Gasteiger partial charge in [0, 0.05) is 36.8 Å². The number of urea groups is 1. The number of rotatable bonds is 10. The number of aliphatic hydroxyl groups is 1. The van der Waals surface area contributed by atoms with Gasteiger partial charge in [-0.15, -0.1) is 0 Å². The lowest BCUT2D eigenvalue weighted by Gasteiger charge is -2.44.